The third-order valence-electron chi connectivity index (χ3n) is 4.32. The molecule has 2 rings (SSSR count). The van der Waals surface area contributed by atoms with Gasteiger partial charge in [-0.1, -0.05) is 26.0 Å². The lowest BCUT2D eigenvalue weighted by atomic mass is 10.0. The highest BCUT2D eigenvalue weighted by atomic mass is 32.2. The van der Waals surface area contributed by atoms with Crippen LogP contribution in [0.1, 0.15) is 25.3 Å². The Hall–Kier alpha value is -1.97. The van der Waals surface area contributed by atoms with E-state index in [1.165, 1.54) is 4.31 Å². The van der Waals surface area contributed by atoms with Gasteiger partial charge in [-0.25, -0.2) is 8.42 Å². The lowest BCUT2D eigenvalue weighted by Gasteiger charge is -2.33. The van der Waals surface area contributed by atoms with Crippen LogP contribution in [0.3, 0.4) is 0 Å². The van der Waals surface area contributed by atoms with E-state index in [1.54, 1.807) is 12.1 Å². The lowest BCUT2D eigenvalue weighted by Crippen LogP contribution is -2.51. The number of hydrogen-bond acceptors (Lipinski definition) is 5. The molecule has 1 aliphatic heterocycles. The molecule has 0 bridgehead atoms. The van der Waals surface area contributed by atoms with Crippen LogP contribution in [0.2, 0.25) is 0 Å². The summed E-state index contributed by atoms with van der Waals surface area (Å²) in [5.41, 5.74) is 1.08. The maximum atomic E-state index is 12.7. The molecule has 1 amide bonds. The average molecular weight is 383 g/mol. The maximum Gasteiger partial charge on any atom is 0.322 e. The lowest BCUT2D eigenvalue weighted by molar-refractivity contribution is -0.138. The fraction of sp³-hybridized carbons (Fsp3) is 0.529. The summed E-state index contributed by atoms with van der Waals surface area (Å²) in [6.45, 7) is 5.17. The van der Waals surface area contributed by atoms with Crippen molar-refractivity contribution in [2.75, 3.05) is 39.3 Å². The van der Waals surface area contributed by atoms with E-state index in [0.717, 1.165) is 5.56 Å². The second-order valence-electron chi connectivity index (χ2n) is 6.57. The molecule has 0 unspecified atom stereocenters. The Labute approximate surface area is 153 Å². The number of sulfonamides is 1. The van der Waals surface area contributed by atoms with E-state index in [9.17, 15) is 18.0 Å². The number of carboxylic acids is 1. The summed E-state index contributed by atoms with van der Waals surface area (Å²) in [5.74, 6) is -1.15. The van der Waals surface area contributed by atoms with Crippen molar-refractivity contribution in [3.05, 3.63) is 29.8 Å². The Morgan fingerprint density at radius 2 is 1.69 bits per heavy atom. The predicted molar refractivity (Wildman–Crippen MR) is 96.4 cm³/mol. The second-order valence-corrected chi connectivity index (χ2v) is 8.51. The Balaban J connectivity index is 1.91. The van der Waals surface area contributed by atoms with Gasteiger partial charge in [0.25, 0.3) is 0 Å². The van der Waals surface area contributed by atoms with Crippen LogP contribution in [0, 0.1) is 0 Å². The Kier molecular flexibility index (Phi) is 6.74. The Morgan fingerprint density at radius 3 is 2.19 bits per heavy atom. The number of nitrogens with zero attached hydrogens (tertiary/aromatic N) is 2. The van der Waals surface area contributed by atoms with Crippen LogP contribution in [-0.4, -0.2) is 73.9 Å². The van der Waals surface area contributed by atoms with Crippen molar-refractivity contribution in [1.29, 1.82) is 0 Å². The summed E-state index contributed by atoms with van der Waals surface area (Å²) in [6, 6.07) is 6.94. The largest absolute Gasteiger partial charge is 0.480 e. The number of amides is 1. The van der Waals surface area contributed by atoms with Gasteiger partial charge in [0, 0.05) is 26.2 Å². The number of aliphatic carboxylic acids is 1. The molecule has 0 saturated carbocycles. The van der Waals surface area contributed by atoms with Crippen LogP contribution in [0.4, 0.5) is 0 Å². The number of carbonyl (C=O) groups is 2. The maximum absolute atomic E-state index is 12.7. The standard InChI is InChI=1S/C17H25N3O5S/c1-13(2)14-3-5-15(6-4-14)26(24,25)20-9-7-19(8-10-20)12-16(21)18-11-17(22)23/h3-6,13H,7-12H2,1-2H3,(H,18,21)(H,22,23). The average Bonchev–Trinajstić information content (AvgIpc) is 2.60. The molecule has 1 heterocycles. The van der Waals surface area contributed by atoms with E-state index in [0.29, 0.717) is 32.1 Å². The number of piperazine rings is 1. The third-order valence-corrected chi connectivity index (χ3v) is 6.23. The molecule has 8 nitrogen and oxygen atoms in total. The van der Waals surface area contributed by atoms with Crippen molar-refractivity contribution in [3.8, 4) is 0 Å². The highest BCUT2D eigenvalue weighted by molar-refractivity contribution is 7.89. The van der Waals surface area contributed by atoms with E-state index < -0.39 is 22.5 Å². The number of carbonyl (C=O) groups excluding carboxylic acids is 1. The van der Waals surface area contributed by atoms with Gasteiger partial charge < -0.3 is 10.4 Å². The minimum atomic E-state index is -3.55. The zero-order valence-electron chi connectivity index (χ0n) is 15.0. The summed E-state index contributed by atoms with van der Waals surface area (Å²) in [4.78, 5) is 24.2. The first-order valence-electron chi connectivity index (χ1n) is 8.51. The summed E-state index contributed by atoms with van der Waals surface area (Å²) >= 11 is 0. The molecule has 9 heteroatoms. The van der Waals surface area contributed by atoms with Crippen LogP contribution in [0.15, 0.2) is 29.2 Å². The molecule has 0 atom stereocenters. The monoisotopic (exact) mass is 383 g/mol. The van der Waals surface area contributed by atoms with Crippen molar-refractivity contribution in [3.63, 3.8) is 0 Å². The van der Waals surface area contributed by atoms with Crippen molar-refractivity contribution in [1.82, 2.24) is 14.5 Å². The van der Waals surface area contributed by atoms with E-state index in [4.69, 9.17) is 5.11 Å². The molecule has 1 aliphatic rings. The highest BCUT2D eigenvalue weighted by Gasteiger charge is 2.29. The quantitative estimate of drug-likeness (QED) is 0.702. The normalized spacial score (nSPS) is 16.6. The number of hydrogen-bond donors (Lipinski definition) is 2. The number of benzene rings is 1. The van der Waals surface area contributed by atoms with E-state index in [1.807, 2.05) is 17.0 Å². The molecule has 2 N–H and O–H groups in total. The van der Waals surface area contributed by atoms with Crippen molar-refractivity contribution >= 4 is 21.9 Å². The van der Waals surface area contributed by atoms with Crippen LogP contribution in [-0.2, 0) is 19.6 Å². The third kappa shape index (κ3) is 5.26. The molecular formula is C17H25N3O5S. The topological polar surface area (TPSA) is 107 Å². The summed E-state index contributed by atoms with van der Waals surface area (Å²) in [7, 11) is -3.55. The highest BCUT2D eigenvalue weighted by Crippen LogP contribution is 2.21. The fourth-order valence-corrected chi connectivity index (χ4v) is 4.16. The van der Waals surface area contributed by atoms with Gasteiger partial charge in [-0.05, 0) is 23.6 Å². The summed E-state index contributed by atoms with van der Waals surface area (Å²) < 4.78 is 26.9. The van der Waals surface area contributed by atoms with Gasteiger partial charge in [0.2, 0.25) is 15.9 Å². The molecule has 1 saturated heterocycles. The van der Waals surface area contributed by atoms with Crippen molar-refractivity contribution < 1.29 is 23.1 Å². The minimum Gasteiger partial charge on any atom is -0.480 e. The summed E-state index contributed by atoms with van der Waals surface area (Å²) in [5, 5.41) is 10.8. The first-order valence-corrected chi connectivity index (χ1v) is 9.95. The molecule has 144 valence electrons. The molecule has 1 aromatic rings. The predicted octanol–water partition coefficient (Wildman–Crippen LogP) is 0.317. The van der Waals surface area contributed by atoms with Crippen LogP contribution in [0.25, 0.3) is 0 Å². The fourth-order valence-electron chi connectivity index (χ4n) is 2.73. The van der Waals surface area contributed by atoms with E-state index in [2.05, 4.69) is 19.2 Å². The number of nitrogens with one attached hydrogen (secondary N) is 1. The van der Waals surface area contributed by atoms with Crippen molar-refractivity contribution in [2.45, 2.75) is 24.7 Å². The van der Waals surface area contributed by atoms with Gasteiger partial charge in [0.15, 0.2) is 0 Å². The summed E-state index contributed by atoms with van der Waals surface area (Å²) in [6.07, 6.45) is 0. The number of carboxylic acid groups (broad SMARTS) is 1. The van der Waals surface area contributed by atoms with Gasteiger partial charge in [0.1, 0.15) is 6.54 Å². The first kappa shape index (κ1) is 20.3. The van der Waals surface area contributed by atoms with Gasteiger partial charge in [-0.3, -0.25) is 14.5 Å². The van der Waals surface area contributed by atoms with Gasteiger partial charge >= 0.3 is 5.97 Å². The zero-order valence-corrected chi connectivity index (χ0v) is 15.8. The van der Waals surface area contributed by atoms with Gasteiger partial charge in [-0.2, -0.15) is 4.31 Å². The second kappa shape index (κ2) is 8.61. The number of rotatable bonds is 7. The Bertz CT molecular complexity index is 738. The molecular weight excluding hydrogens is 358 g/mol. The molecule has 26 heavy (non-hydrogen) atoms. The SMILES string of the molecule is CC(C)c1ccc(S(=O)(=O)N2CCN(CC(=O)NCC(=O)O)CC2)cc1. The Morgan fingerprint density at radius 1 is 1.12 bits per heavy atom. The minimum absolute atomic E-state index is 0.0598. The van der Waals surface area contributed by atoms with Gasteiger partial charge in [-0.15, -0.1) is 0 Å². The van der Waals surface area contributed by atoms with Crippen LogP contribution >= 0.6 is 0 Å². The smallest absolute Gasteiger partial charge is 0.322 e. The van der Waals surface area contributed by atoms with Crippen LogP contribution in [0.5, 0.6) is 0 Å². The van der Waals surface area contributed by atoms with Gasteiger partial charge in [0.05, 0.1) is 11.4 Å². The molecule has 1 aromatic carbocycles. The van der Waals surface area contributed by atoms with E-state index in [-0.39, 0.29) is 17.3 Å². The molecule has 0 aliphatic carbocycles. The van der Waals surface area contributed by atoms with Crippen molar-refractivity contribution in [2.24, 2.45) is 0 Å². The molecule has 0 radical (unpaired) electrons. The molecule has 0 spiro atoms. The molecule has 0 aromatic heterocycles. The van der Waals surface area contributed by atoms with Crippen LogP contribution < -0.4 is 5.32 Å². The molecule has 1 fully saturated rings. The first-order chi connectivity index (χ1) is 12.2. The zero-order chi connectivity index (χ0) is 19.3. The van der Waals surface area contributed by atoms with E-state index >= 15 is 0 Å².